The summed E-state index contributed by atoms with van der Waals surface area (Å²) in [5, 5.41) is 13.1. The minimum absolute atomic E-state index is 0.403. The van der Waals surface area contributed by atoms with Crippen LogP contribution >= 0.6 is 0 Å². The van der Waals surface area contributed by atoms with E-state index in [4.69, 9.17) is 10.00 Å². The second-order valence-electron chi connectivity index (χ2n) is 5.20. The average molecular weight is 248 g/mol. The van der Waals surface area contributed by atoms with Crippen molar-refractivity contribution >= 4 is 11.9 Å². The summed E-state index contributed by atoms with van der Waals surface area (Å²) in [6, 6.07) is 2.05. The van der Waals surface area contributed by atoms with E-state index < -0.39 is 11.7 Å². The predicted octanol–water partition coefficient (Wildman–Crippen LogP) is 1.90. The van der Waals surface area contributed by atoms with Gasteiger partial charge in [-0.05, 0) is 27.2 Å². The summed E-state index contributed by atoms with van der Waals surface area (Å²) < 4.78 is 7.01. The van der Waals surface area contributed by atoms with Gasteiger partial charge in [0.25, 0.3) is 0 Å². The number of nitrogens with zero attached hydrogens (tertiary/aromatic N) is 4. The van der Waals surface area contributed by atoms with Crippen LogP contribution in [0.2, 0.25) is 0 Å². The van der Waals surface area contributed by atoms with E-state index in [1.807, 2.05) is 20.8 Å². The minimum atomic E-state index is -0.549. The molecule has 1 amide bonds. The van der Waals surface area contributed by atoms with Crippen molar-refractivity contribution in [1.29, 1.82) is 5.26 Å². The molecule has 0 bridgehead atoms. The maximum Gasteiger partial charge on any atom is 0.416 e. The van der Waals surface area contributed by atoms with Gasteiger partial charge in [-0.1, -0.05) is 0 Å². The van der Waals surface area contributed by atoms with Crippen molar-refractivity contribution in [2.45, 2.75) is 39.3 Å². The van der Waals surface area contributed by atoms with Gasteiger partial charge >= 0.3 is 6.09 Å². The fourth-order valence-corrected chi connectivity index (χ4v) is 1.89. The third-order valence-corrected chi connectivity index (χ3v) is 2.55. The summed E-state index contributed by atoms with van der Waals surface area (Å²) in [7, 11) is 0. The molecule has 0 fully saturated rings. The van der Waals surface area contributed by atoms with E-state index in [-0.39, 0.29) is 0 Å². The molecule has 2 rings (SSSR count). The molecule has 2 heterocycles. The molecule has 0 spiro atoms. The Kier molecular flexibility index (Phi) is 2.99. The van der Waals surface area contributed by atoms with Crippen LogP contribution in [0.3, 0.4) is 0 Å². The van der Waals surface area contributed by atoms with Gasteiger partial charge in [-0.3, -0.25) is 4.90 Å². The van der Waals surface area contributed by atoms with E-state index in [1.165, 1.54) is 11.1 Å². The van der Waals surface area contributed by atoms with E-state index in [0.717, 1.165) is 13.0 Å². The van der Waals surface area contributed by atoms with Crippen LogP contribution < -0.4 is 4.90 Å². The van der Waals surface area contributed by atoms with E-state index in [0.29, 0.717) is 17.9 Å². The number of anilines is 1. The number of aromatic nitrogens is 2. The first-order valence-electron chi connectivity index (χ1n) is 5.89. The van der Waals surface area contributed by atoms with Gasteiger partial charge in [-0.25, -0.2) is 9.48 Å². The number of rotatable bonds is 0. The van der Waals surface area contributed by atoms with Crippen molar-refractivity contribution in [1.82, 2.24) is 9.78 Å². The molecule has 1 aromatic rings. The number of hydrogen-bond acceptors (Lipinski definition) is 4. The Hall–Kier alpha value is -2.03. The molecule has 0 aromatic carbocycles. The topological polar surface area (TPSA) is 71.2 Å². The van der Waals surface area contributed by atoms with Gasteiger partial charge in [0.2, 0.25) is 0 Å². The maximum atomic E-state index is 12.1. The Morgan fingerprint density at radius 2 is 2.22 bits per heavy atom. The third-order valence-electron chi connectivity index (χ3n) is 2.55. The molecule has 96 valence electrons. The summed E-state index contributed by atoms with van der Waals surface area (Å²) in [5.41, 5.74) is -0.146. The molecule has 0 aliphatic carbocycles. The van der Waals surface area contributed by atoms with Crippen LogP contribution in [0.25, 0.3) is 0 Å². The van der Waals surface area contributed by atoms with Crippen molar-refractivity contribution in [3.05, 3.63) is 11.8 Å². The highest BCUT2D eigenvalue weighted by molar-refractivity contribution is 5.88. The summed E-state index contributed by atoms with van der Waals surface area (Å²) in [5.74, 6) is 0.540. The first kappa shape index (κ1) is 12.4. The van der Waals surface area contributed by atoms with E-state index in [1.54, 1.807) is 4.68 Å². The van der Waals surface area contributed by atoms with Crippen LogP contribution in [0.5, 0.6) is 0 Å². The van der Waals surface area contributed by atoms with Crippen LogP contribution in [-0.2, 0) is 11.3 Å². The predicted molar refractivity (Wildman–Crippen MR) is 65.1 cm³/mol. The molecule has 0 saturated heterocycles. The first-order chi connectivity index (χ1) is 8.42. The Morgan fingerprint density at radius 1 is 1.50 bits per heavy atom. The zero-order valence-electron chi connectivity index (χ0n) is 10.8. The van der Waals surface area contributed by atoms with E-state index in [9.17, 15) is 4.79 Å². The molecule has 1 aliphatic rings. The number of fused-ring (bicyclic) bond motifs is 1. The van der Waals surface area contributed by atoms with Crippen LogP contribution in [0.1, 0.15) is 32.8 Å². The zero-order chi connectivity index (χ0) is 13.3. The molecule has 6 nitrogen and oxygen atoms in total. The zero-order valence-corrected chi connectivity index (χ0v) is 10.8. The molecular formula is C12H16N4O2. The lowest BCUT2D eigenvalue weighted by Crippen LogP contribution is -2.41. The highest BCUT2D eigenvalue weighted by Gasteiger charge is 2.30. The smallest absolute Gasteiger partial charge is 0.416 e. The van der Waals surface area contributed by atoms with Crippen LogP contribution in [-0.4, -0.2) is 28.0 Å². The maximum absolute atomic E-state index is 12.1. The lowest BCUT2D eigenvalue weighted by molar-refractivity contribution is 0.0572. The van der Waals surface area contributed by atoms with Gasteiger partial charge in [0.1, 0.15) is 17.2 Å². The van der Waals surface area contributed by atoms with Gasteiger partial charge in [0, 0.05) is 13.1 Å². The molecule has 1 aliphatic heterocycles. The van der Waals surface area contributed by atoms with Gasteiger partial charge in [-0.15, -0.1) is 0 Å². The van der Waals surface area contributed by atoms with Crippen LogP contribution in [0, 0.1) is 11.3 Å². The molecule has 0 saturated carbocycles. The van der Waals surface area contributed by atoms with Gasteiger partial charge in [-0.2, -0.15) is 10.4 Å². The fourth-order valence-electron chi connectivity index (χ4n) is 1.89. The quantitative estimate of drug-likeness (QED) is 0.703. The molecule has 0 radical (unpaired) electrons. The summed E-state index contributed by atoms with van der Waals surface area (Å²) in [6.07, 6.45) is 1.86. The Morgan fingerprint density at radius 3 is 2.83 bits per heavy atom. The number of ether oxygens (including phenoxy) is 1. The molecule has 18 heavy (non-hydrogen) atoms. The molecule has 1 aromatic heterocycles. The summed E-state index contributed by atoms with van der Waals surface area (Å²) in [6.45, 7) is 6.72. The second-order valence-corrected chi connectivity index (χ2v) is 5.20. The molecule has 0 atom stereocenters. The van der Waals surface area contributed by atoms with Crippen molar-refractivity contribution in [3.8, 4) is 6.07 Å². The molecule has 0 N–H and O–H groups in total. The van der Waals surface area contributed by atoms with E-state index in [2.05, 4.69) is 11.2 Å². The van der Waals surface area contributed by atoms with Gasteiger partial charge in [0.05, 0.1) is 6.20 Å². The molecular weight excluding hydrogens is 232 g/mol. The largest absolute Gasteiger partial charge is 0.443 e. The van der Waals surface area contributed by atoms with Crippen LogP contribution in [0.4, 0.5) is 10.6 Å². The highest BCUT2D eigenvalue weighted by atomic mass is 16.6. The number of hydrogen-bond donors (Lipinski definition) is 0. The number of carbonyl (C=O) groups excluding carboxylic acids is 1. The lowest BCUT2D eigenvalue weighted by atomic mass is 10.2. The minimum Gasteiger partial charge on any atom is -0.443 e. The van der Waals surface area contributed by atoms with Gasteiger partial charge < -0.3 is 4.74 Å². The Balaban J connectivity index is 2.30. The van der Waals surface area contributed by atoms with Gasteiger partial charge in [0.15, 0.2) is 5.82 Å². The lowest BCUT2D eigenvalue weighted by Gasteiger charge is -2.30. The highest BCUT2D eigenvalue weighted by Crippen LogP contribution is 2.26. The molecule has 0 unspecified atom stereocenters. The van der Waals surface area contributed by atoms with Crippen molar-refractivity contribution < 1.29 is 9.53 Å². The number of aryl methyl sites for hydroxylation is 1. The number of amides is 1. The average Bonchev–Trinajstić information content (AvgIpc) is 2.69. The third kappa shape index (κ3) is 2.30. The van der Waals surface area contributed by atoms with E-state index >= 15 is 0 Å². The molecule has 6 heteroatoms. The van der Waals surface area contributed by atoms with Crippen molar-refractivity contribution in [2.24, 2.45) is 0 Å². The standard InChI is InChI=1S/C12H16N4O2/c1-12(2,3)18-11(17)15-5-4-6-16-10(15)9(7-13)8-14-16/h8H,4-6H2,1-3H3. The second kappa shape index (κ2) is 4.33. The van der Waals surface area contributed by atoms with Crippen molar-refractivity contribution in [2.75, 3.05) is 11.4 Å². The first-order valence-corrected chi connectivity index (χ1v) is 5.89. The Bertz CT molecular complexity index is 507. The number of carbonyl (C=O) groups is 1. The van der Waals surface area contributed by atoms with Crippen LogP contribution in [0.15, 0.2) is 6.20 Å². The monoisotopic (exact) mass is 248 g/mol. The summed E-state index contributed by atoms with van der Waals surface area (Å²) in [4.78, 5) is 13.6. The number of nitriles is 1. The fraction of sp³-hybridized carbons (Fsp3) is 0.583. The Labute approximate surface area is 106 Å². The summed E-state index contributed by atoms with van der Waals surface area (Å²) >= 11 is 0. The van der Waals surface area contributed by atoms with Crippen molar-refractivity contribution in [3.63, 3.8) is 0 Å². The SMILES string of the molecule is CC(C)(C)OC(=O)N1CCCn2ncc(C#N)c21. The normalized spacial score (nSPS) is 14.9.